The quantitative estimate of drug-likeness (QED) is 0.346. The fourth-order valence-electron chi connectivity index (χ4n) is 4.96. The molecule has 1 aliphatic carbocycles. The second kappa shape index (κ2) is 12.1. The standard InChI is InChI=1S/C27H49NO3Si2/c1-18(24(30-32-8)31-33-9)16-19-10-12-20(13-11-19)21-14-15-22(26(2,3)4)23(17-21)28-25(29)27(5,6)7/h14-15,17-20,24H,10-13,16,32-33H2,1-9H3,(H,28,29). The van der Waals surface area contributed by atoms with Gasteiger partial charge in [-0.1, -0.05) is 73.7 Å². The Labute approximate surface area is 207 Å². The lowest BCUT2D eigenvalue weighted by Gasteiger charge is -2.33. The first-order valence-corrected chi connectivity index (χ1v) is 17.0. The summed E-state index contributed by atoms with van der Waals surface area (Å²) in [6.07, 6.45) is 6.21. The summed E-state index contributed by atoms with van der Waals surface area (Å²) < 4.78 is 12.0. The van der Waals surface area contributed by atoms with Crippen LogP contribution in [0.1, 0.15) is 97.6 Å². The highest BCUT2D eigenvalue weighted by molar-refractivity contribution is 6.26. The van der Waals surface area contributed by atoms with E-state index in [1.807, 2.05) is 20.8 Å². The lowest BCUT2D eigenvalue weighted by atomic mass is 9.75. The number of rotatable bonds is 9. The van der Waals surface area contributed by atoms with Crippen LogP contribution in [0, 0.1) is 17.3 Å². The van der Waals surface area contributed by atoms with E-state index in [4.69, 9.17) is 8.85 Å². The largest absolute Gasteiger partial charge is 0.400 e. The second-order valence-electron chi connectivity index (χ2n) is 12.0. The van der Waals surface area contributed by atoms with Gasteiger partial charge in [-0.3, -0.25) is 4.79 Å². The van der Waals surface area contributed by atoms with Crippen LogP contribution >= 0.6 is 0 Å². The highest BCUT2D eigenvalue weighted by Crippen LogP contribution is 2.41. The van der Waals surface area contributed by atoms with Crippen molar-refractivity contribution < 1.29 is 13.6 Å². The van der Waals surface area contributed by atoms with E-state index in [1.54, 1.807) is 0 Å². The molecule has 188 valence electrons. The van der Waals surface area contributed by atoms with Crippen molar-refractivity contribution in [3.8, 4) is 0 Å². The zero-order chi connectivity index (χ0) is 24.8. The zero-order valence-corrected chi connectivity index (χ0v) is 25.5. The molecule has 0 spiro atoms. The summed E-state index contributed by atoms with van der Waals surface area (Å²) in [4.78, 5) is 12.8. The van der Waals surface area contributed by atoms with E-state index in [-0.39, 0.29) is 17.6 Å². The molecule has 33 heavy (non-hydrogen) atoms. The lowest BCUT2D eigenvalue weighted by Crippen LogP contribution is -2.30. The number of anilines is 1. The lowest BCUT2D eigenvalue weighted by molar-refractivity contribution is -0.123. The molecule has 1 aromatic rings. The van der Waals surface area contributed by atoms with Crippen molar-refractivity contribution in [2.24, 2.45) is 17.3 Å². The molecule has 1 fully saturated rings. The molecule has 1 N–H and O–H groups in total. The van der Waals surface area contributed by atoms with Crippen molar-refractivity contribution in [2.75, 3.05) is 5.32 Å². The fraction of sp³-hybridized carbons (Fsp3) is 0.741. The number of hydrogen-bond donors (Lipinski definition) is 1. The van der Waals surface area contributed by atoms with Gasteiger partial charge >= 0.3 is 0 Å². The SMILES string of the molecule is C[SiH2]OC(O[SiH2]C)C(C)CC1CCC(c2ccc(C(C)(C)C)c(NC(=O)C(C)(C)C)c2)CC1. The molecule has 1 aliphatic rings. The van der Waals surface area contributed by atoms with Gasteiger partial charge in [0.2, 0.25) is 5.91 Å². The van der Waals surface area contributed by atoms with Crippen molar-refractivity contribution >= 4 is 31.1 Å². The van der Waals surface area contributed by atoms with Gasteiger partial charge in [0.1, 0.15) is 6.29 Å². The monoisotopic (exact) mass is 491 g/mol. The van der Waals surface area contributed by atoms with Gasteiger partial charge in [-0.15, -0.1) is 0 Å². The van der Waals surface area contributed by atoms with Gasteiger partial charge in [-0.2, -0.15) is 0 Å². The second-order valence-corrected chi connectivity index (χ2v) is 13.8. The molecule has 1 unspecified atom stereocenters. The molecule has 1 aromatic carbocycles. The molecule has 1 amide bonds. The number of hydrogen-bond acceptors (Lipinski definition) is 3. The molecule has 6 heteroatoms. The first kappa shape index (κ1) is 28.3. The van der Waals surface area contributed by atoms with Crippen LogP contribution in [-0.4, -0.2) is 31.7 Å². The maximum absolute atomic E-state index is 12.8. The molecule has 4 nitrogen and oxygen atoms in total. The highest BCUT2D eigenvalue weighted by Gasteiger charge is 2.29. The number of benzene rings is 1. The third kappa shape index (κ3) is 8.34. The molecule has 2 rings (SSSR count). The van der Waals surface area contributed by atoms with Crippen LogP contribution in [0.5, 0.6) is 0 Å². The predicted octanol–water partition coefficient (Wildman–Crippen LogP) is 5.89. The average Bonchev–Trinajstić information content (AvgIpc) is 2.72. The predicted molar refractivity (Wildman–Crippen MR) is 146 cm³/mol. The molecular weight excluding hydrogens is 442 g/mol. The van der Waals surface area contributed by atoms with E-state index < -0.39 is 24.9 Å². The number of nitrogens with one attached hydrogen (secondary N) is 1. The summed E-state index contributed by atoms with van der Waals surface area (Å²) in [5.74, 6) is 1.89. The van der Waals surface area contributed by atoms with Gasteiger partial charge < -0.3 is 14.2 Å². The maximum Gasteiger partial charge on any atom is 0.229 e. The number of amides is 1. The Kier molecular flexibility index (Phi) is 10.4. The Balaban J connectivity index is 2.08. The van der Waals surface area contributed by atoms with Crippen molar-refractivity contribution in [1.82, 2.24) is 0 Å². The Hall–Kier alpha value is -0.956. The van der Waals surface area contributed by atoms with Crippen molar-refractivity contribution in [2.45, 2.75) is 111 Å². The first-order valence-electron chi connectivity index (χ1n) is 13.1. The average molecular weight is 492 g/mol. The Morgan fingerprint density at radius 3 is 2.09 bits per heavy atom. The molecule has 1 atom stereocenters. The third-order valence-electron chi connectivity index (χ3n) is 6.93. The van der Waals surface area contributed by atoms with E-state index in [0.717, 1.165) is 11.6 Å². The molecule has 0 aromatic heterocycles. The van der Waals surface area contributed by atoms with Crippen molar-refractivity contribution in [1.29, 1.82) is 0 Å². The van der Waals surface area contributed by atoms with Crippen LogP contribution in [0.3, 0.4) is 0 Å². The van der Waals surface area contributed by atoms with Crippen LogP contribution in [0.15, 0.2) is 18.2 Å². The first-order chi connectivity index (χ1) is 15.4. The van der Waals surface area contributed by atoms with Crippen molar-refractivity contribution in [3.63, 3.8) is 0 Å². The van der Waals surface area contributed by atoms with E-state index in [0.29, 0.717) is 11.8 Å². The van der Waals surface area contributed by atoms with Gasteiger partial charge in [0, 0.05) is 17.0 Å². The summed E-state index contributed by atoms with van der Waals surface area (Å²) in [7, 11) is -0.891. The normalized spacial score (nSPS) is 22.2. The summed E-state index contributed by atoms with van der Waals surface area (Å²) in [6.45, 7) is 19.2. The number of carbonyl (C=O) groups is 1. The summed E-state index contributed by atoms with van der Waals surface area (Å²) >= 11 is 0. The van der Waals surface area contributed by atoms with Gasteiger partial charge in [0.05, 0.1) is 0 Å². The topological polar surface area (TPSA) is 47.6 Å². The maximum atomic E-state index is 12.8. The van der Waals surface area contributed by atoms with E-state index in [9.17, 15) is 4.79 Å². The van der Waals surface area contributed by atoms with E-state index in [1.165, 1.54) is 43.2 Å². The zero-order valence-electron chi connectivity index (χ0n) is 22.7. The number of carbonyl (C=O) groups excluding carboxylic acids is 1. The third-order valence-corrected chi connectivity index (χ3v) is 8.25. The minimum atomic E-state index is -0.445. The Morgan fingerprint density at radius 2 is 1.61 bits per heavy atom. The van der Waals surface area contributed by atoms with Gasteiger partial charge in [0.15, 0.2) is 19.5 Å². The van der Waals surface area contributed by atoms with Crippen LogP contribution in [0.25, 0.3) is 0 Å². The van der Waals surface area contributed by atoms with Crippen molar-refractivity contribution in [3.05, 3.63) is 29.3 Å². The summed E-state index contributed by atoms with van der Waals surface area (Å²) in [5, 5.41) is 3.25. The van der Waals surface area contributed by atoms with Gasteiger partial charge in [-0.05, 0) is 66.5 Å². The van der Waals surface area contributed by atoms with Crippen LogP contribution in [-0.2, 0) is 19.1 Å². The van der Waals surface area contributed by atoms with Gasteiger partial charge in [0.25, 0.3) is 0 Å². The van der Waals surface area contributed by atoms with Crippen LogP contribution in [0.2, 0.25) is 13.1 Å². The molecule has 1 saturated carbocycles. The molecule has 0 heterocycles. The highest BCUT2D eigenvalue weighted by atomic mass is 28.2. The fourth-order valence-corrected chi connectivity index (χ4v) is 6.66. The minimum absolute atomic E-state index is 0.0177. The summed E-state index contributed by atoms with van der Waals surface area (Å²) in [5.41, 5.74) is 3.14. The Morgan fingerprint density at radius 1 is 1.03 bits per heavy atom. The smallest absolute Gasteiger partial charge is 0.229 e. The van der Waals surface area contributed by atoms with Gasteiger partial charge in [-0.25, -0.2) is 0 Å². The molecule has 0 aliphatic heterocycles. The Bertz CT molecular complexity index is 756. The molecular formula is C27H49NO3Si2. The molecule has 0 saturated heterocycles. The van der Waals surface area contributed by atoms with E-state index in [2.05, 4.69) is 64.3 Å². The minimum Gasteiger partial charge on any atom is -0.400 e. The van der Waals surface area contributed by atoms with E-state index >= 15 is 0 Å². The van der Waals surface area contributed by atoms with Crippen LogP contribution < -0.4 is 5.32 Å². The van der Waals surface area contributed by atoms with Crippen LogP contribution in [0.4, 0.5) is 5.69 Å². The summed E-state index contributed by atoms with van der Waals surface area (Å²) in [6, 6.07) is 6.80. The molecule has 0 radical (unpaired) electrons. The molecule has 0 bridgehead atoms.